The van der Waals surface area contributed by atoms with Crippen molar-refractivity contribution < 1.29 is 68.4 Å². The number of urea groups is 1. The van der Waals surface area contributed by atoms with Crippen LogP contribution in [0.4, 0.5) is 4.79 Å². The number of ether oxygens (including phenoxy) is 1. The molecular formula is C21H41AcB2N6O5-. The van der Waals surface area contributed by atoms with Crippen molar-refractivity contribution in [2.45, 2.75) is 103 Å². The van der Waals surface area contributed by atoms with Crippen molar-refractivity contribution in [2.75, 3.05) is 6.61 Å². The number of hydrogen-bond donors (Lipinski definition) is 6. The Morgan fingerprint density at radius 1 is 1.03 bits per heavy atom. The molecule has 2 rings (SSSR count). The first-order valence-corrected chi connectivity index (χ1v) is 12.6. The van der Waals surface area contributed by atoms with E-state index in [1.165, 1.54) is 0 Å². The second-order valence-electron chi connectivity index (χ2n) is 9.51. The van der Waals surface area contributed by atoms with Gasteiger partial charge in [0.25, 0.3) is 5.97 Å². The molecule has 3 atom stereocenters. The van der Waals surface area contributed by atoms with Crippen LogP contribution in [0.15, 0.2) is 4.90 Å². The minimum Gasteiger partial charge on any atom is -0.665 e. The van der Waals surface area contributed by atoms with Crippen LogP contribution in [-0.4, -0.2) is 72.9 Å². The second-order valence-corrected chi connectivity index (χ2v) is 9.51. The molecule has 0 aromatic heterocycles. The molecule has 2 aliphatic rings. The molecule has 0 aromatic rings. The number of carbonyl (C=O) groups excluding carboxylic acids is 2. The van der Waals surface area contributed by atoms with E-state index in [9.17, 15) is 19.6 Å². The summed E-state index contributed by atoms with van der Waals surface area (Å²) >= 11 is 0. The first-order valence-electron chi connectivity index (χ1n) is 12.6. The minimum atomic E-state index is -0.899. The van der Waals surface area contributed by atoms with Crippen molar-refractivity contribution in [3.8, 4) is 0 Å². The second kappa shape index (κ2) is 17.1. The third kappa shape index (κ3) is 13.0. The molecule has 2 saturated carbocycles. The molecule has 35 heavy (non-hydrogen) atoms. The number of hydrogen-bond acceptors (Lipinski definition) is 6. The predicted molar refractivity (Wildman–Crippen MR) is 134 cm³/mol. The van der Waals surface area contributed by atoms with Gasteiger partial charge in [0.15, 0.2) is 5.96 Å². The summed E-state index contributed by atoms with van der Waals surface area (Å²) in [6.07, 6.45) is 7.43. The third-order valence-electron chi connectivity index (χ3n) is 6.33. The van der Waals surface area contributed by atoms with Crippen molar-refractivity contribution in [1.82, 2.24) is 21.2 Å². The fourth-order valence-electron chi connectivity index (χ4n) is 4.77. The number of carbonyl (C=O) groups is 2. The molecule has 14 heteroatoms. The average Bonchev–Trinajstić information content (AvgIpc) is 2.74. The molecule has 0 spiro atoms. The molecule has 2 amide bonds. The summed E-state index contributed by atoms with van der Waals surface area (Å²) in [6, 6.07) is -0.807. The van der Waals surface area contributed by atoms with E-state index in [0.717, 1.165) is 51.4 Å². The Hall–Kier alpha value is -0.539. The zero-order chi connectivity index (χ0) is 25.1. The summed E-state index contributed by atoms with van der Waals surface area (Å²) in [6.45, 7) is 5.16. The first kappa shape index (κ1) is 32.5. The SMILES string of the molecule is CCOC(=O)C([NH-])CC1CCC(NC(=O)NC2CCCC(N/C(=N\B(C)O)NB(C)O)C2)CC1.[Ac]. The fraction of sp³-hybridized carbons (Fsp3) is 0.857. The molecule has 0 aliphatic heterocycles. The van der Waals surface area contributed by atoms with Gasteiger partial charge in [-0.3, -0.25) is 9.70 Å². The Labute approximate surface area is 245 Å². The van der Waals surface area contributed by atoms with Gasteiger partial charge in [-0.1, -0.05) is 6.42 Å². The van der Waals surface area contributed by atoms with Crippen molar-refractivity contribution in [1.29, 1.82) is 0 Å². The van der Waals surface area contributed by atoms with E-state index in [-0.39, 0.29) is 68.2 Å². The Morgan fingerprint density at radius 3 is 2.20 bits per heavy atom. The van der Waals surface area contributed by atoms with Gasteiger partial charge in [-0.05, 0) is 83.9 Å². The van der Waals surface area contributed by atoms with Crippen LogP contribution in [0.2, 0.25) is 13.6 Å². The van der Waals surface area contributed by atoms with Crippen LogP contribution in [0.3, 0.4) is 0 Å². The third-order valence-corrected chi connectivity index (χ3v) is 6.33. The maximum atomic E-state index is 12.6. The van der Waals surface area contributed by atoms with Gasteiger partial charge in [0.2, 0.25) is 0 Å². The maximum absolute atomic E-state index is 12.6. The number of guanidine groups is 1. The van der Waals surface area contributed by atoms with E-state index in [1.54, 1.807) is 20.6 Å². The van der Waals surface area contributed by atoms with E-state index in [4.69, 9.17) is 10.5 Å². The van der Waals surface area contributed by atoms with Crippen LogP contribution in [0, 0.1) is 50.0 Å². The van der Waals surface area contributed by atoms with E-state index in [2.05, 4.69) is 26.1 Å². The van der Waals surface area contributed by atoms with Gasteiger partial charge in [-0.2, -0.15) is 0 Å². The monoisotopic (exact) mass is 706 g/mol. The molecule has 7 N–H and O–H groups in total. The molecule has 0 heterocycles. The number of nitrogens with one attached hydrogen (secondary N) is 5. The number of rotatable bonds is 9. The van der Waals surface area contributed by atoms with Crippen molar-refractivity contribution in [3.05, 3.63) is 5.73 Å². The Balaban J connectivity index is 0.00000612. The van der Waals surface area contributed by atoms with Crippen molar-refractivity contribution >= 4 is 32.1 Å². The summed E-state index contributed by atoms with van der Waals surface area (Å²) in [5.74, 6) is 0.203. The van der Waals surface area contributed by atoms with Gasteiger partial charge >= 0.3 is 20.1 Å². The number of esters is 1. The summed E-state index contributed by atoms with van der Waals surface area (Å²) in [5.41, 5.74) is 7.95. The van der Waals surface area contributed by atoms with E-state index in [0.29, 0.717) is 24.9 Å². The molecule has 0 bridgehead atoms. The fourth-order valence-corrected chi connectivity index (χ4v) is 4.77. The average molecular weight is 706 g/mol. The zero-order valence-corrected chi connectivity index (χ0v) is 26.0. The van der Waals surface area contributed by atoms with Gasteiger partial charge in [-0.25, -0.2) is 4.79 Å². The topological polar surface area (TPSA) is 168 Å². The quantitative estimate of drug-likeness (QED) is 0.0910. The van der Waals surface area contributed by atoms with Crippen LogP contribution in [0.5, 0.6) is 0 Å². The molecule has 0 saturated heterocycles. The number of amides is 2. The van der Waals surface area contributed by atoms with Gasteiger partial charge in [0.1, 0.15) is 0 Å². The minimum absolute atomic E-state index is 0. The molecule has 11 nitrogen and oxygen atoms in total. The molecular weight excluding hydrogens is 665 g/mol. The first-order chi connectivity index (χ1) is 16.2. The van der Waals surface area contributed by atoms with Crippen LogP contribution >= 0.6 is 0 Å². The van der Waals surface area contributed by atoms with Crippen molar-refractivity contribution in [2.24, 2.45) is 10.8 Å². The smallest absolute Gasteiger partial charge is 0.431 e. The Kier molecular flexibility index (Phi) is 15.8. The van der Waals surface area contributed by atoms with Gasteiger partial charge in [-0.15, -0.1) is 0 Å². The van der Waals surface area contributed by atoms with Crippen molar-refractivity contribution in [3.63, 3.8) is 0 Å². The number of nitrogens with zero attached hydrogens (tertiary/aromatic N) is 1. The van der Waals surface area contributed by atoms with Gasteiger partial charge in [0.05, 0.1) is 6.61 Å². The van der Waals surface area contributed by atoms with Gasteiger partial charge < -0.3 is 41.7 Å². The summed E-state index contributed by atoms with van der Waals surface area (Å²) in [5, 5.41) is 31.3. The van der Waals surface area contributed by atoms with Crippen LogP contribution in [0.25, 0.3) is 5.73 Å². The summed E-state index contributed by atoms with van der Waals surface area (Å²) < 4.78 is 4.92. The molecule has 2 aliphatic carbocycles. The summed E-state index contributed by atoms with van der Waals surface area (Å²) in [7, 11) is -1.70. The Morgan fingerprint density at radius 2 is 1.63 bits per heavy atom. The van der Waals surface area contributed by atoms with Crippen LogP contribution < -0.4 is 21.2 Å². The molecule has 1 radical (unpaired) electrons. The van der Waals surface area contributed by atoms with Gasteiger partial charge in [0, 0.05) is 62.2 Å². The standard InChI is InChI=1S/C21H41B2N6O5.Ac/c1-4-34-19(30)18(24)12-14-8-10-15(11-9-14)26-21(31)27-17-7-5-6-16(13-17)25-20(28-22(2)32)29-23(3)33;/h14-18,24,32-33H,4-13H2,1-3H3,(H2,25,28,29)(H2,26,27,31);/q-1;. The van der Waals surface area contributed by atoms with E-state index >= 15 is 0 Å². The molecule has 3 unspecified atom stereocenters. The Bertz CT molecular complexity index is 683. The zero-order valence-electron chi connectivity index (χ0n) is 21.3. The van der Waals surface area contributed by atoms with E-state index < -0.39 is 26.1 Å². The predicted octanol–water partition coefficient (Wildman–Crippen LogP) is 1.29. The normalized spacial score (nSPS) is 25.4. The van der Waals surface area contributed by atoms with E-state index in [1.807, 2.05) is 0 Å². The van der Waals surface area contributed by atoms with Crippen LogP contribution in [-0.2, 0) is 9.53 Å². The van der Waals surface area contributed by atoms with Crippen LogP contribution in [0.1, 0.15) is 64.7 Å². The molecule has 195 valence electrons. The largest absolute Gasteiger partial charge is 0.665 e. The molecule has 0 aromatic carbocycles. The molecule has 2 fully saturated rings. The maximum Gasteiger partial charge on any atom is 0.431 e. The summed E-state index contributed by atoms with van der Waals surface area (Å²) in [4.78, 5) is 28.3.